The fourth-order valence-electron chi connectivity index (χ4n) is 2.73. The minimum Gasteiger partial charge on any atom is -0.460 e. The van der Waals surface area contributed by atoms with E-state index in [4.69, 9.17) is 4.74 Å². The number of benzene rings is 2. The molecule has 3 rings (SSSR count). The number of amides is 1. The molecule has 0 aliphatic rings. The molecule has 0 spiro atoms. The molecule has 6 heteroatoms. The molecule has 1 amide bonds. The lowest BCUT2D eigenvalue weighted by Gasteiger charge is -2.09. The highest BCUT2D eigenvalue weighted by molar-refractivity contribution is 5.96. The summed E-state index contributed by atoms with van der Waals surface area (Å²) in [7, 11) is 0. The third kappa shape index (κ3) is 4.61. The van der Waals surface area contributed by atoms with E-state index in [0.29, 0.717) is 12.0 Å². The molecule has 138 valence electrons. The summed E-state index contributed by atoms with van der Waals surface area (Å²) >= 11 is 0. The van der Waals surface area contributed by atoms with Crippen molar-refractivity contribution >= 4 is 11.9 Å². The Balaban J connectivity index is 1.59. The summed E-state index contributed by atoms with van der Waals surface area (Å²) in [5.41, 5.74) is 3.03. The molecule has 1 aromatic heterocycles. The van der Waals surface area contributed by atoms with Gasteiger partial charge in [0.25, 0.3) is 5.91 Å². The second-order valence-corrected chi connectivity index (χ2v) is 5.93. The second-order valence-electron chi connectivity index (χ2n) is 5.93. The number of aromatic nitrogens is 2. The fraction of sp³-hybridized carbons (Fsp3) is 0.190. The van der Waals surface area contributed by atoms with Gasteiger partial charge < -0.3 is 10.1 Å². The van der Waals surface area contributed by atoms with Crippen molar-refractivity contribution in [2.45, 2.75) is 20.0 Å². The Morgan fingerprint density at radius 2 is 1.70 bits per heavy atom. The highest BCUT2D eigenvalue weighted by atomic mass is 16.5. The van der Waals surface area contributed by atoms with Crippen molar-refractivity contribution in [3.05, 3.63) is 83.7 Å². The predicted molar refractivity (Wildman–Crippen MR) is 102 cm³/mol. The Bertz CT molecular complexity index is 905. The van der Waals surface area contributed by atoms with Gasteiger partial charge in [0, 0.05) is 0 Å². The summed E-state index contributed by atoms with van der Waals surface area (Å²) in [5, 5.41) is 6.93. The van der Waals surface area contributed by atoms with Crippen molar-refractivity contribution in [3.8, 4) is 5.69 Å². The van der Waals surface area contributed by atoms with Crippen LogP contribution < -0.4 is 5.32 Å². The first-order valence-electron chi connectivity index (χ1n) is 8.79. The van der Waals surface area contributed by atoms with Gasteiger partial charge in [0.2, 0.25) is 0 Å². The summed E-state index contributed by atoms with van der Waals surface area (Å²) in [5.74, 6) is -0.827. The first-order chi connectivity index (χ1) is 13.2. The van der Waals surface area contributed by atoms with Gasteiger partial charge in [-0.25, -0.2) is 4.68 Å². The summed E-state index contributed by atoms with van der Waals surface area (Å²) in [6, 6.07) is 19.0. The van der Waals surface area contributed by atoms with Gasteiger partial charge in [-0.15, -0.1) is 0 Å². The molecule has 0 aliphatic heterocycles. The topological polar surface area (TPSA) is 73.2 Å². The Kier molecular flexibility index (Phi) is 5.99. The molecule has 0 fully saturated rings. The summed E-state index contributed by atoms with van der Waals surface area (Å²) in [4.78, 5) is 24.4. The largest absolute Gasteiger partial charge is 0.460 e. The van der Waals surface area contributed by atoms with E-state index in [1.807, 2.05) is 67.6 Å². The van der Waals surface area contributed by atoms with Gasteiger partial charge in [-0.2, -0.15) is 5.10 Å². The van der Waals surface area contributed by atoms with Crippen LogP contribution in [0.2, 0.25) is 0 Å². The number of carbonyl (C=O) groups is 2. The molecule has 0 atom stereocenters. The summed E-state index contributed by atoms with van der Waals surface area (Å²) in [6.45, 7) is 1.95. The van der Waals surface area contributed by atoms with Crippen LogP contribution in [0.3, 0.4) is 0 Å². The number of hydrogen-bond donors (Lipinski definition) is 1. The maximum atomic E-state index is 12.5. The van der Waals surface area contributed by atoms with E-state index in [0.717, 1.165) is 16.9 Å². The van der Waals surface area contributed by atoms with Crippen molar-refractivity contribution in [2.75, 3.05) is 6.54 Å². The van der Waals surface area contributed by atoms with Crippen LogP contribution in [0.5, 0.6) is 0 Å². The molecule has 0 radical (unpaired) electrons. The predicted octanol–water partition coefficient (Wildman–Crippen LogP) is 2.91. The van der Waals surface area contributed by atoms with Crippen LogP contribution in [0.4, 0.5) is 0 Å². The van der Waals surface area contributed by atoms with Gasteiger partial charge in [-0.1, -0.05) is 55.5 Å². The Morgan fingerprint density at radius 1 is 1.04 bits per heavy atom. The van der Waals surface area contributed by atoms with Crippen molar-refractivity contribution < 1.29 is 14.3 Å². The maximum absolute atomic E-state index is 12.5. The van der Waals surface area contributed by atoms with Crippen LogP contribution in [0.1, 0.15) is 28.5 Å². The zero-order valence-corrected chi connectivity index (χ0v) is 15.1. The lowest BCUT2D eigenvalue weighted by Crippen LogP contribution is -2.31. The van der Waals surface area contributed by atoms with Crippen LogP contribution in [-0.4, -0.2) is 28.2 Å². The summed E-state index contributed by atoms with van der Waals surface area (Å²) in [6.07, 6.45) is 2.16. The van der Waals surface area contributed by atoms with E-state index in [-0.39, 0.29) is 19.1 Å². The molecule has 3 aromatic rings. The molecule has 0 unspecified atom stereocenters. The summed E-state index contributed by atoms with van der Waals surface area (Å²) < 4.78 is 6.91. The van der Waals surface area contributed by atoms with Crippen molar-refractivity contribution in [2.24, 2.45) is 0 Å². The third-order valence-electron chi connectivity index (χ3n) is 4.09. The van der Waals surface area contributed by atoms with Crippen LogP contribution in [0.25, 0.3) is 5.69 Å². The van der Waals surface area contributed by atoms with Gasteiger partial charge in [0.15, 0.2) is 0 Å². The molecule has 1 N–H and O–H groups in total. The van der Waals surface area contributed by atoms with Crippen molar-refractivity contribution in [3.63, 3.8) is 0 Å². The minimum absolute atomic E-state index is 0.182. The smallest absolute Gasteiger partial charge is 0.325 e. The van der Waals surface area contributed by atoms with Crippen LogP contribution in [0.15, 0.2) is 66.9 Å². The lowest BCUT2D eigenvalue weighted by molar-refractivity contribution is -0.143. The zero-order chi connectivity index (χ0) is 19.1. The average molecular weight is 363 g/mol. The molecule has 27 heavy (non-hydrogen) atoms. The number of para-hydroxylation sites is 1. The maximum Gasteiger partial charge on any atom is 0.325 e. The lowest BCUT2D eigenvalue weighted by atomic mass is 10.2. The zero-order valence-electron chi connectivity index (χ0n) is 15.1. The molecule has 2 aromatic carbocycles. The number of esters is 1. The van der Waals surface area contributed by atoms with Crippen LogP contribution in [-0.2, 0) is 22.6 Å². The SMILES string of the molecule is CCc1c(C(=O)NCC(=O)OCc2ccccc2)cnn1-c1ccccc1. The number of nitrogens with one attached hydrogen (secondary N) is 1. The van der Waals surface area contributed by atoms with Gasteiger partial charge in [0.05, 0.1) is 23.1 Å². The number of carbonyl (C=O) groups excluding carboxylic acids is 2. The van der Waals surface area contributed by atoms with E-state index >= 15 is 0 Å². The molecule has 0 aliphatic carbocycles. The number of nitrogens with zero attached hydrogens (tertiary/aromatic N) is 2. The van der Waals surface area contributed by atoms with Crippen molar-refractivity contribution in [1.29, 1.82) is 0 Å². The minimum atomic E-state index is -0.485. The molecule has 6 nitrogen and oxygen atoms in total. The molecule has 0 bridgehead atoms. The van der Waals surface area contributed by atoms with E-state index in [9.17, 15) is 9.59 Å². The molecule has 1 heterocycles. The quantitative estimate of drug-likeness (QED) is 0.655. The molecular weight excluding hydrogens is 342 g/mol. The van der Waals surface area contributed by atoms with Gasteiger partial charge in [-0.3, -0.25) is 9.59 Å². The Hall–Kier alpha value is -3.41. The first-order valence-corrected chi connectivity index (χ1v) is 8.79. The van der Waals surface area contributed by atoms with Gasteiger partial charge in [0.1, 0.15) is 13.2 Å². The van der Waals surface area contributed by atoms with E-state index in [1.54, 1.807) is 4.68 Å². The van der Waals surface area contributed by atoms with Gasteiger partial charge in [-0.05, 0) is 24.1 Å². The molecule has 0 saturated heterocycles. The Labute approximate surface area is 157 Å². The van der Waals surface area contributed by atoms with Gasteiger partial charge >= 0.3 is 5.97 Å². The van der Waals surface area contributed by atoms with E-state index in [2.05, 4.69) is 10.4 Å². The first kappa shape index (κ1) is 18.4. The molecule has 0 saturated carbocycles. The van der Waals surface area contributed by atoms with Crippen LogP contribution >= 0.6 is 0 Å². The second kappa shape index (κ2) is 8.80. The highest BCUT2D eigenvalue weighted by Crippen LogP contribution is 2.15. The number of rotatable bonds is 7. The molecular formula is C21H21N3O3. The Morgan fingerprint density at radius 3 is 2.37 bits per heavy atom. The monoisotopic (exact) mass is 363 g/mol. The normalized spacial score (nSPS) is 10.4. The van der Waals surface area contributed by atoms with Crippen LogP contribution in [0, 0.1) is 0 Å². The van der Waals surface area contributed by atoms with E-state index in [1.165, 1.54) is 6.20 Å². The standard InChI is InChI=1S/C21H21N3O3/c1-2-19-18(13-23-24(19)17-11-7-4-8-12-17)21(26)22-14-20(25)27-15-16-9-5-3-6-10-16/h3-13H,2,14-15H2,1H3,(H,22,26). The number of hydrogen-bond acceptors (Lipinski definition) is 4. The van der Waals surface area contributed by atoms with Crippen molar-refractivity contribution in [1.82, 2.24) is 15.1 Å². The average Bonchev–Trinajstić information content (AvgIpc) is 3.16. The fourth-order valence-corrected chi connectivity index (χ4v) is 2.73. The third-order valence-corrected chi connectivity index (χ3v) is 4.09. The highest BCUT2D eigenvalue weighted by Gasteiger charge is 2.18. The van der Waals surface area contributed by atoms with E-state index < -0.39 is 5.97 Å². The number of ether oxygens (including phenoxy) is 1.